The largest absolute Gasteiger partial charge is 0.492 e. The average Bonchev–Trinajstić information content (AvgIpc) is 3.81. The quantitative estimate of drug-likeness (QED) is 0.178. The van der Waals surface area contributed by atoms with Crippen LogP contribution in [0.2, 0.25) is 0 Å². The molecule has 3 aromatic heterocycles. The lowest BCUT2D eigenvalue weighted by Gasteiger charge is -2.36. The molecule has 0 radical (unpaired) electrons. The second kappa shape index (κ2) is 12.5. The SMILES string of the molecule is CCOc1ccccc1N1CCN(C(=O)c2coc(CSc3nnc(-c4ccco4)n3-c3cccc(C(F)(F)F)c3)n2)CC1. The van der Waals surface area contributed by atoms with E-state index in [0.29, 0.717) is 43.7 Å². The molecule has 0 atom stereocenters. The number of piperazine rings is 1. The number of hydrogen-bond acceptors (Lipinski definition) is 9. The molecule has 6 rings (SSSR count). The first-order valence-electron chi connectivity index (χ1n) is 13.8. The second-order valence-corrected chi connectivity index (χ2v) is 10.7. The monoisotopic (exact) mass is 624 g/mol. The zero-order chi connectivity index (χ0) is 30.7. The van der Waals surface area contributed by atoms with E-state index < -0.39 is 11.7 Å². The van der Waals surface area contributed by atoms with Gasteiger partial charge in [0.2, 0.25) is 11.7 Å². The van der Waals surface area contributed by atoms with E-state index in [1.54, 1.807) is 17.0 Å². The van der Waals surface area contributed by atoms with E-state index in [1.165, 1.54) is 29.2 Å². The van der Waals surface area contributed by atoms with E-state index in [9.17, 15) is 18.0 Å². The van der Waals surface area contributed by atoms with Gasteiger partial charge in [0.15, 0.2) is 16.6 Å². The number of furan rings is 1. The minimum Gasteiger partial charge on any atom is -0.492 e. The number of amides is 1. The maximum Gasteiger partial charge on any atom is 0.416 e. The first kappa shape index (κ1) is 29.4. The predicted octanol–water partition coefficient (Wildman–Crippen LogP) is 6.19. The highest BCUT2D eigenvalue weighted by Crippen LogP contribution is 2.34. The van der Waals surface area contributed by atoms with E-state index in [-0.39, 0.29) is 34.8 Å². The maximum absolute atomic E-state index is 13.5. The summed E-state index contributed by atoms with van der Waals surface area (Å²) in [7, 11) is 0. The molecule has 0 spiro atoms. The number of thioether (sulfide) groups is 1. The smallest absolute Gasteiger partial charge is 0.416 e. The van der Waals surface area contributed by atoms with Crippen molar-refractivity contribution in [2.24, 2.45) is 0 Å². The molecule has 14 heteroatoms. The normalized spacial score (nSPS) is 13.8. The van der Waals surface area contributed by atoms with E-state index in [2.05, 4.69) is 20.1 Å². The number of carbonyl (C=O) groups is 1. The lowest BCUT2D eigenvalue weighted by atomic mass is 10.2. The van der Waals surface area contributed by atoms with Gasteiger partial charge in [-0.25, -0.2) is 4.98 Å². The van der Waals surface area contributed by atoms with Gasteiger partial charge in [-0.3, -0.25) is 9.36 Å². The summed E-state index contributed by atoms with van der Waals surface area (Å²) in [5.74, 6) is 1.57. The maximum atomic E-state index is 13.5. The number of alkyl halides is 3. The Bertz CT molecular complexity index is 1730. The van der Waals surface area contributed by atoms with Gasteiger partial charge in [0.1, 0.15) is 12.0 Å². The van der Waals surface area contributed by atoms with Gasteiger partial charge in [-0.05, 0) is 49.4 Å². The molecule has 0 aliphatic carbocycles. The lowest BCUT2D eigenvalue weighted by molar-refractivity contribution is -0.137. The molecule has 10 nitrogen and oxygen atoms in total. The van der Waals surface area contributed by atoms with Crippen molar-refractivity contribution in [3.8, 4) is 23.0 Å². The van der Waals surface area contributed by atoms with Crippen LogP contribution in [0.5, 0.6) is 5.75 Å². The Hall–Kier alpha value is -4.72. The van der Waals surface area contributed by atoms with Crippen LogP contribution >= 0.6 is 11.8 Å². The Balaban J connectivity index is 1.14. The Morgan fingerprint density at radius 2 is 1.82 bits per heavy atom. The summed E-state index contributed by atoms with van der Waals surface area (Å²) in [4.78, 5) is 21.5. The molecule has 1 aliphatic heterocycles. The second-order valence-electron chi connectivity index (χ2n) is 9.76. The van der Waals surface area contributed by atoms with Crippen LogP contribution in [-0.4, -0.2) is 63.3 Å². The third kappa shape index (κ3) is 6.16. The van der Waals surface area contributed by atoms with Crippen LogP contribution in [0.1, 0.15) is 28.9 Å². The number of nitrogens with zero attached hydrogens (tertiary/aromatic N) is 6. The molecule has 1 saturated heterocycles. The van der Waals surface area contributed by atoms with Crippen LogP contribution in [0.3, 0.4) is 0 Å². The van der Waals surface area contributed by atoms with E-state index >= 15 is 0 Å². The molecular weight excluding hydrogens is 597 g/mol. The van der Waals surface area contributed by atoms with Crippen LogP contribution in [0.15, 0.2) is 87.2 Å². The Morgan fingerprint density at radius 1 is 1.00 bits per heavy atom. The highest BCUT2D eigenvalue weighted by molar-refractivity contribution is 7.98. The van der Waals surface area contributed by atoms with Gasteiger partial charge in [0, 0.05) is 26.2 Å². The summed E-state index contributed by atoms with van der Waals surface area (Å²) >= 11 is 1.16. The van der Waals surface area contributed by atoms with Crippen molar-refractivity contribution >= 4 is 23.4 Å². The number of benzene rings is 2. The first-order valence-corrected chi connectivity index (χ1v) is 14.8. The summed E-state index contributed by atoms with van der Waals surface area (Å²) in [6, 6.07) is 16.0. The van der Waals surface area contributed by atoms with Crippen molar-refractivity contribution in [1.82, 2.24) is 24.6 Å². The minimum atomic E-state index is -4.52. The fraction of sp³-hybridized carbons (Fsp3) is 0.267. The topological polar surface area (TPSA) is 103 Å². The molecule has 228 valence electrons. The van der Waals surface area contributed by atoms with Crippen LogP contribution < -0.4 is 9.64 Å². The van der Waals surface area contributed by atoms with Crippen LogP contribution in [0.25, 0.3) is 17.3 Å². The fourth-order valence-corrected chi connectivity index (χ4v) is 5.70. The van der Waals surface area contributed by atoms with Crippen LogP contribution in [0, 0.1) is 0 Å². The summed E-state index contributed by atoms with van der Waals surface area (Å²) in [6.45, 7) is 4.80. The number of anilines is 1. The number of para-hydroxylation sites is 2. The van der Waals surface area contributed by atoms with Crippen molar-refractivity contribution < 1.29 is 31.5 Å². The van der Waals surface area contributed by atoms with E-state index in [4.69, 9.17) is 13.6 Å². The predicted molar refractivity (Wildman–Crippen MR) is 156 cm³/mol. The van der Waals surface area contributed by atoms with Crippen molar-refractivity contribution in [2.45, 2.75) is 24.0 Å². The number of hydrogen-bond donors (Lipinski definition) is 0. The molecule has 0 N–H and O–H groups in total. The summed E-state index contributed by atoms with van der Waals surface area (Å²) in [5, 5.41) is 8.66. The zero-order valence-electron chi connectivity index (χ0n) is 23.5. The van der Waals surface area contributed by atoms with Crippen molar-refractivity contribution in [1.29, 1.82) is 0 Å². The van der Waals surface area contributed by atoms with Crippen LogP contribution in [-0.2, 0) is 11.9 Å². The number of halogens is 3. The zero-order valence-corrected chi connectivity index (χ0v) is 24.3. The number of oxazole rings is 1. The highest BCUT2D eigenvalue weighted by Gasteiger charge is 2.31. The number of ether oxygens (including phenoxy) is 1. The Morgan fingerprint density at radius 3 is 2.57 bits per heavy atom. The minimum absolute atomic E-state index is 0.157. The van der Waals surface area contributed by atoms with E-state index in [1.807, 2.05) is 31.2 Å². The van der Waals surface area contributed by atoms with Gasteiger partial charge in [0.05, 0.1) is 35.6 Å². The van der Waals surface area contributed by atoms with Gasteiger partial charge < -0.3 is 23.4 Å². The first-order chi connectivity index (χ1) is 21.3. The molecule has 44 heavy (non-hydrogen) atoms. The van der Waals surface area contributed by atoms with Gasteiger partial charge in [-0.15, -0.1) is 10.2 Å². The molecule has 0 saturated carbocycles. The standard InChI is InChI=1S/C30H27F3N6O4S/c1-2-41-24-10-4-3-9-23(24)37-12-14-38(15-13-37)28(40)22-18-43-26(34-22)19-44-29-36-35-27(25-11-6-16-42-25)39(29)21-8-5-7-20(17-21)30(31,32)33/h3-11,16-18H,2,12-15,19H2,1H3. The molecule has 2 aromatic carbocycles. The van der Waals surface area contributed by atoms with E-state index in [0.717, 1.165) is 35.3 Å². The van der Waals surface area contributed by atoms with Gasteiger partial charge >= 0.3 is 6.18 Å². The van der Waals surface area contributed by atoms with Crippen molar-refractivity contribution in [2.75, 3.05) is 37.7 Å². The number of aromatic nitrogens is 4. The van der Waals surface area contributed by atoms with Crippen molar-refractivity contribution in [3.05, 3.63) is 90.3 Å². The fourth-order valence-electron chi connectivity index (χ4n) is 4.89. The molecule has 0 unspecified atom stereocenters. The Labute approximate surface area is 254 Å². The molecule has 0 bridgehead atoms. The van der Waals surface area contributed by atoms with Crippen molar-refractivity contribution in [3.63, 3.8) is 0 Å². The molecule has 1 fully saturated rings. The average molecular weight is 625 g/mol. The number of carbonyl (C=O) groups excluding carboxylic acids is 1. The van der Waals surface area contributed by atoms with Gasteiger partial charge in [-0.1, -0.05) is 30.0 Å². The Kier molecular flexibility index (Phi) is 8.33. The molecule has 1 amide bonds. The van der Waals surface area contributed by atoms with Gasteiger partial charge in [-0.2, -0.15) is 13.2 Å². The highest BCUT2D eigenvalue weighted by atomic mass is 32.2. The number of rotatable bonds is 9. The molecule has 4 heterocycles. The third-order valence-corrected chi connectivity index (χ3v) is 7.89. The molecule has 5 aromatic rings. The summed E-state index contributed by atoms with van der Waals surface area (Å²) < 4.78 is 58.7. The van der Waals surface area contributed by atoms with Crippen LogP contribution in [0.4, 0.5) is 18.9 Å². The summed E-state index contributed by atoms with van der Waals surface area (Å²) in [5.41, 5.74) is 0.583. The molecular formula is C30H27F3N6O4S. The third-order valence-electron chi connectivity index (χ3n) is 6.97. The summed E-state index contributed by atoms with van der Waals surface area (Å²) in [6.07, 6.45) is -1.76. The lowest BCUT2D eigenvalue weighted by Crippen LogP contribution is -2.49. The van der Waals surface area contributed by atoms with Gasteiger partial charge in [0.25, 0.3) is 5.91 Å². The molecule has 1 aliphatic rings.